The number of benzene rings is 1. The predicted molar refractivity (Wildman–Crippen MR) is 75.2 cm³/mol. The van der Waals surface area contributed by atoms with Crippen LogP contribution in [0.2, 0.25) is 5.02 Å². The Balaban J connectivity index is 1.99. The lowest BCUT2D eigenvalue weighted by molar-refractivity contribution is 0.110. The van der Waals surface area contributed by atoms with E-state index < -0.39 is 0 Å². The van der Waals surface area contributed by atoms with Crippen molar-refractivity contribution in [2.75, 3.05) is 27.4 Å². The van der Waals surface area contributed by atoms with Gasteiger partial charge in [-0.2, -0.15) is 0 Å². The molecule has 0 amide bonds. The second-order valence-electron chi connectivity index (χ2n) is 4.57. The molecule has 1 aliphatic rings. The molecule has 1 heterocycles. The molecule has 1 aromatic carbocycles. The zero-order chi connectivity index (χ0) is 13.7. The second-order valence-corrected chi connectivity index (χ2v) is 5.00. The fourth-order valence-corrected chi connectivity index (χ4v) is 2.54. The molecule has 0 saturated carbocycles. The van der Waals surface area contributed by atoms with Crippen molar-refractivity contribution in [1.82, 2.24) is 5.32 Å². The van der Waals surface area contributed by atoms with Crippen molar-refractivity contribution in [1.29, 1.82) is 0 Å². The molecule has 1 fully saturated rings. The van der Waals surface area contributed by atoms with Crippen LogP contribution < -0.4 is 14.8 Å². The van der Waals surface area contributed by atoms with Gasteiger partial charge in [-0.25, -0.2) is 0 Å². The number of methoxy groups -OCH3 is 2. The average molecular weight is 286 g/mol. The van der Waals surface area contributed by atoms with Crippen molar-refractivity contribution in [3.63, 3.8) is 0 Å². The first-order valence-electron chi connectivity index (χ1n) is 6.47. The molecule has 1 N–H and O–H groups in total. The van der Waals surface area contributed by atoms with Crippen LogP contribution in [0.4, 0.5) is 0 Å². The SMILES string of the molecule is COc1cc(Cl)cc(CNC[C@@H]2CCCO2)c1OC. The number of halogens is 1. The van der Waals surface area contributed by atoms with Crippen molar-refractivity contribution in [2.24, 2.45) is 0 Å². The molecule has 1 saturated heterocycles. The molecule has 0 spiro atoms. The summed E-state index contributed by atoms with van der Waals surface area (Å²) in [5.74, 6) is 1.38. The molecular weight excluding hydrogens is 266 g/mol. The van der Waals surface area contributed by atoms with Crippen molar-refractivity contribution < 1.29 is 14.2 Å². The van der Waals surface area contributed by atoms with Crippen LogP contribution in [0.1, 0.15) is 18.4 Å². The number of nitrogens with one attached hydrogen (secondary N) is 1. The Labute approximate surface area is 119 Å². The first-order chi connectivity index (χ1) is 9.24. The lowest BCUT2D eigenvalue weighted by atomic mass is 10.1. The molecular formula is C14H20ClNO3. The fourth-order valence-electron chi connectivity index (χ4n) is 2.31. The van der Waals surface area contributed by atoms with Gasteiger partial charge >= 0.3 is 0 Å². The van der Waals surface area contributed by atoms with Gasteiger partial charge in [-0.3, -0.25) is 0 Å². The van der Waals surface area contributed by atoms with Crippen LogP contribution in [0, 0.1) is 0 Å². The standard InChI is InChI=1S/C14H20ClNO3/c1-17-13-7-11(15)6-10(14(13)18-2)8-16-9-12-4-3-5-19-12/h6-7,12,16H,3-5,8-9H2,1-2H3/t12-/m0/s1. The maximum atomic E-state index is 6.08. The van der Waals surface area contributed by atoms with E-state index in [1.807, 2.05) is 6.07 Å². The minimum atomic E-state index is 0.326. The Morgan fingerprint density at radius 1 is 1.37 bits per heavy atom. The van der Waals surface area contributed by atoms with Crippen LogP contribution in [0.15, 0.2) is 12.1 Å². The topological polar surface area (TPSA) is 39.7 Å². The van der Waals surface area contributed by atoms with Gasteiger partial charge in [-0.05, 0) is 18.9 Å². The molecule has 2 rings (SSSR count). The van der Waals surface area contributed by atoms with Crippen molar-refractivity contribution in [3.8, 4) is 11.5 Å². The number of hydrogen-bond acceptors (Lipinski definition) is 4. The van der Waals surface area contributed by atoms with Gasteiger partial charge in [0.2, 0.25) is 0 Å². The Hall–Kier alpha value is -0.970. The summed E-state index contributed by atoms with van der Waals surface area (Å²) >= 11 is 6.08. The molecule has 106 valence electrons. The molecule has 0 unspecified atom stereocenters. The lowest BCUT2D eigenvalue weighted by Crippen LogP contribution is -2.26. The summed E-state index contributed by atoms with van der Waals surface area (Å²) < 4.78 is 16.2. The number of ether oxygens (including phenoxy) is 3. The normalized spacial score (nSPS) is 18.6. The summed E-state index contributed by atoms with van der Waals surface area (Å²) in [6.07, 6.45) is 2.61. The number of hydrogen-bond donors (Lipinski definition) is 1. The van der Waals surface area contributed by atoms with Gasteiger partial charge in [0.1, 0.15) is 0 Å². The van der Waals surface area contributed by atoms with Gasteiger partial charge in [0.15, 0.2) is 11.5 Å². The van der Waals surface area contributed by atoms with E-state index in [0.717, 1.165) is 37.3 Å². The summed E-state index contributed by atoms with van der Waals surface area (Å²) in [6.45, 7) is 2.40. The van der Waals surface area contributed by atoms with Crippen LogP contribution >= 0.6 is 11.6 Å². The molecule has 0 radical (unpaired) electrons. The van der Waals surface area contributed by atoms with Crippen molar-refractivity contribution in [3.05, 3.63) is 22.7 Å². The quantitative estimate of drug-likeness (QED) is 0.872. The summed E-state index contributed by atoms with van der Waals surface area (Å²) in [4.78, 5) is 0. The number of rotatable bonds is 6. The molecule has 0 aromatic heterocycles. The highest BCUT2D eigenvalue weighted by Gasteiger charge is 2.16. The molecule has 0 bridgehead atoms. The third-order valence-corrected chi connectivity index (χ3v) is 3.45. The van der Waals surface area contributed by atoms with Gasteiger partial charge in [-0.15, -0.1) is 0 Å². The van der Waals surface area contributed by atoms with Gasteiger partial charge in [0, 0.05) is 36.3 Å². The van der Waals surface area contributed by atoms with Crippen molar-refractivity contribution in [2.45, 2.75) is 25.5 Å². The largest absolute Gasteiger partial charge is 0.493 e. The highest BCUT2D eigenvalue weighted by molar-refractivity contribution is 6.30. The maximum Gasteiger partial charge on any atom is 0.165 e. The zero-order valence-corrected chi connectivity index (χ0v) is 12.1. The Morgan fingerprint density at radius 2 is 2.21 bits per heavy atom. The molecule has 1 atom stereocenters. The molecule has 5 heteroatoms. The third-order valence-electron chi connectivity index (χ3n) is 3.23. The van der Waals surface area contributed by atoms with Crippen LogP contribution in [-0.2, 0) is 11.3 Å². The molecule has 19 heavy (non-hydrogen) atoms. The van der Waals surface area contributed by atoms with Crippen LogP contribution in [-0.4, -0.2) is 33.5 Å². The van der Waals surface area contributed by atoms with E-state index in [2.05, 4.69) is 5.32 Å². The Morgan fingerprint density at radius 3 is 2.84 bits per heavy atom. The minimum absolute atomic E-state index is 0.326. The maximum absolute atomic E-state index is 6.08. The van der Waals surface area contributed by atoms with E-state index in [0.29, 0.717) is 23.4 Å². The van der Waals surface area contributed by atoms with E-state index in [9.17, 15) is 0 Å². The summed E-state index contributed by atoms with van der Waals surface area (Å²) in [7, 11) is 3.24. The predicted octanol–water partition coefficient (Wildman–Crippen LogP) is 2.63. The highest BCUT2D eigenvalue weighted by atomic mass is 35.5. The highest BCUT2D eigenvalue weighted by Crippen LogP contribution is 2.34. The van der Waals surface area contributed by atoms with Gasteiger partial charge in [-0.1, -0.05) is 11.6 Å². The van der Waals surface area contributed by atoms with E-state index in [4.69, 9.17) is 25.8 Å². The summed E-state index contributed by atoms with van der Waals surface area (Å²) in [5.41, 5.74) is 0.991. The third kappa shape index (κ3) is 3.75. The van der Waals surface area contributed by atoms with Gasteiger partial charge in [0.05, 0.1) is 20.3 Å². The Kier molecular flexibility index (Phi) is 5.31. The first kappa shape index (κ1) is 14.4. The average Bonchev–Trinajstić information content (AvgIpc) is 2.91. The van der Waals surface area contributed by atoms with Crippen LogP contribution in [0.5, 0.6) is 11.5 Å². The van der Waals surface area contributed by atoms with Crippen molar-refractivity contribution >= 4 is 11.6 Å². The summed E-state index contributed by atoms with van der Waals surface area (Å²) in [5, 5.41) is 4.02. The second kappa shape index (κ2) is 6.98. The van der Waals surface area contributed by atoms with Gasteiger partial charge < -0.3 is 19.5 Å². The zero-order valence-electron chi connectivity index (χ0n) is 11.4. The van der Waals surface area contributed by atoms with E-state index in [1.54, 1.807) is 20.3 Å². The molecule has 0 aliphatic carbocycles. The summed E-state index contributed by atoms with van der Waals surface area (Å²) in [6, 6.07) is 3.65. The molecule has 1 aromatic rings. The first-order valence-corrected chi connectivity index (χ1v) is 6.85. The minimum Gasteiger partial charge on any atom is -0.493 e. The van der Waals surface area contributed by atoms with E-state index >= 15 is 0 Å². The van der Waals surface area contributed by atoms with Crippen LogP contribution in [0.25, 0.3) is 0 Å². The monoisotopic (exact) mass is 285 g/mol. The van der Waals surface area contributed by atoms with Gasteiger partial charge in [0.25, 0.3) is 0 Å². The fraction of sp³-hybridized carbons (Fsp3) is 0.571. The van der Waals surface area contributed by atoms with E-state index in [-0.39, 0.29) is 0 Å². The van der Waals surface area contributed by atoms with Crippen LogP contribution in [0.3, 0.4) is 0 Å². The molecule has 4 nitrogen and oxygen atoms in total. The smallest absolute Gasteiger partial charge is 0.165 e. The molecule has 1 aliphatic heterocycles. The van der Waals surface area contributed by atoms with E-state index in [1.165, 1.54) is 0 Å². The Bertz CT molecular complexity index is 419. The lowest BCUT2D eigenvalue weighted by Gasteiger charge is -2.15.